The summed E-state index contributed by atoms with van der Waals surface area (Å²) in [6, 6.07) is 0.804. The molecule has 14 heavy (non-hydrogen) atoms. The zero-order chi connectivity index (χ0) is 10.2. The molecule has 0 aromatic carbocycles. The minimum Gasteiger partial charge on any atom is -0.310 e. The number of hydrogen-bond donors (Lipinski definition) is 1. The van der Waals surface area contributed by atoms with E-state index in [-0.39, 0.29) is 6.04 Å². The normalized spacial score (nSPS) is 41.6. The standard InChI is InChI=1S/C10H19NO2S/c1-8-2-3-9(6-8)11-10-4-5-14(12,13)7-10/h8-11H,2-7H2,1H3/t8-,9-,10+/m0/s1. The Hall–Kier alpha value is -0.0900. The van der Waals surface area contributed by atoms with Gasteiger partial charge in [0.25, 0.3) is 0 Å². The van der Waals surface area contributed by atoms with Gasteiger partial charge in [-0.25, -0.2) is 8.42 Å². The summed E-state index contributed by atoms with van der Waals surface area (Å²) in [5.41, 5.74) is 0. The molecule has 1 aliphatic carbocycles. The lowest BCUT2D eigenvalue weighted by molar-refractivity contribution is 0.443. The van der Waals surface area contributed by atoms with Crippen molar-refractivity contribution in [3.63, 3.8) is 0 Å². The van der Waals surface area contributed by atoms with Crippen molar-refractivity contribution in [3.8, 4) is 0 Å². The second-order valence-corrected chi connectivity index (χ2v) is 7.11. The van der Waals surface area contributed by atoms with E-state index in [9.17, 15) is 8.42 Å². The summed E-state index contributed by atoms with van der Waals surface area (Å²) in [4.78, 5) is 0. The first kappa shape index (κ1) is 10.4. The molecule has 0 radical (unpaired) electrons. The van der Waals surface area contributed by atoms with Crippen LogP contribution < -0.4 is 5.32 Å². The molecule has 0 bridgehead atoms. The molecule has 0 spiro atoms. The number of sulfone groups is 1. The summed E-state index contributed by atoms with van der Waals surface area (Å²) in [5, 5.41) is 3.48. The molecule has 0 aromatic rings. The van der Waals surface area contributed by atoms with Crippen LogP contribution >= 0.6 is 0 Å². The molecule has 1 saturated carbocycles. The molecule has 1 saturated heterocycles. The quantitative estimate of drug-likeness (QED) is 0.749. The van der Waals surface area contributed by atoms with Gasteiger partial charge in [0.15, 0.2) is 9.84 Å². The molecule has 3 nitrogen and oxygen atoms in total. The Labute approximate surface area is 86.2 Å². The van der Waals surface area contributed by atoms with Gasteiger partial charge in [0, 0.05) is 12.1 Å². The average Bonchev–Trinajstić information content (AvgIpc) is 2.59. The summed E-state index contributed by atoms with van der Waals surface area (Å²) in [6.07, 6.45) is 4.54. The van der Waals surface area contributed by atoms with Gasteiger partial charge in [0.05, 0.1) is 11.5 Å². The van der Waals surface area contributed by atoms with Crippen molar-refractivity contribution in [3.05, 3.63) is 0 Å². The van der Waals surface area contributed by atoms with Gasteiger partial charge in [-0.2, -0.15) is 0 Å². The highest BCUT2D eigenvalue weighted by Gasteiger charge is 2.31. The molecule has 1 N–H and O–H groups in total. The fourth-order valence-corrected chi connectivity index (χ4v) is 4.30. The van der Waals surface area contributed by atoms with Crippen LogP contribution in [0.25, 0.3) is 0 Å². The van der Waals surface area contributed by atoms with E-state index in [1.165, 1.54) is 19.3 Å². The van der Waals surface area contributed by atoms with Crippen molar-refractivity contribution >= 4 is 9.84 Å². The lowest BCUT2D eigenvalue weighted by Crippen LogP contribution is -2.37. The van der Waals surface area contributed by atoms with Crippen LogP contribution in [0.4, 0.5) is 0 Å². The molecule has 0 unspecified atom stereocenters. The molecule has 4 heteroatoms. The van der Waals surface area contributed by atoms with Crippen molar-refractivity contribution in [2.24, 2.45) is 5.92 Å². The third-order valence-electron chi connectivity index (χ3n) is 3.40. The van der Waals surface area contributed by atoms with E-state index < -0.39 is 9.84 Å². The highest BCUT2D eigenvalue weighted by atomic mass is 32.2. The second kappa shape index (κ2) is 3.81. The Bertz CT molecular complexity index is 299. The van der Waals surface area contributed by atoms with E-state index in [1.807, 2.05) is 0 Å². The first-order valence-corrected chi connectivity index (χ1v) is 7.34. The number of hydrogen-bond acceptors (Lipinski definition) is 3. The molecule has 1 aliphatic heterocycles. The Morgan fingerprint density at radius 1 is 1.14 bits per heavy atom. The summed E-state index contributed by atoms with van der Waals surface area (Å²) in [5.74, 6) is 1.55. The lowest BCUT2D eigenvalue weighted by atomic mass is 10.1. The zero-order valence-corrected chi connectivity index (χ0v) is 9.52. The Morgan fingerprint density at radius 2 is 1.93 bits per heavy atom. The van der Waals surface area contributed by atoms with Crippen molar-refractivity contribution in [1.29, 1.82) is 0 Å². The Balaban J connectivity index is 1.82. The van der Waals surface area contributed by atoms with Crippen LogP contribution in [0.3, 0.4) is 0 Å². The maximum Gasteiger partial charge on any atom is 0.151 e. The number of rotatable bonds is 2. The largest absolute Gasteiger partial charge is 0.310 e. The van der Waals surface area contributed by atoms with Crippen LogP contribution in [0.5, 0.6) is 0 Å². The Morgan fingerprint density at radius 3 is 2.43 bits per heavy atom. The minimum absolute atomic E-state index is 0.232. The van der Waals surface area contributed by atoms with Crippen LogP contribution in [0.15, 0.2) is 0 Å². The van der Waals surface area contributed by atoms with Gasteiger partial charge in [-0.05, 0) is 31.6 Å². The minimum atomic E-state index is -2.71. The van der Waals surface area contributed by atoms with Gasteiger partial charge in [-0.3, -0.25) is 0 Å². The van der Waals surface area contributed by atoms with Crippen LogP contribution in [0, 0.1) is 5.92 Å². The van der Waals surface area contributed by atoms with Crippen molar-refractivity contribution in [2.75, 3.05) is 11.5 Å². The van der Waals surface area contributed by atoms with E-state index in [2.05, 4.69) is 12.2 Å². The molecular weight excluding hydrogens is 198 g/mol. The topological polar surface area (TPSA) is 46.2 Å². The average molecular weight is 217 g/mol. The zero-order valence-electron chi connectivity index (χ0n) is 8.70. The SMILES string of the molecule is C[C@H]1CC[C@H](N[C@@H]2CCS(=O)(=O)C2)C1. The van der Waals surface area contributed by atoms with E-state index in [4.69, 9.17) is 0 Å². The highest BCUT2D eigenvalue weighted by Crippen LogP contribution is 2.26. The maximum atomic E-state index is 11.2. The van der Waals surface area contributed by atoms with Crippen molar-refractivity contribution in [2.45, 2.75) is 44.7 Å². The van der Waals surface area contributed by atoms with E-state index >= 15 is 0 Å². The monoisotopic (exact) mass is 217 g/mol. The van der Waals surface area contributed by atoms with E-state index in [1.54, 1.807) is 0 Å². The van der Waals surface area contributed by atoms with Crippen molar-refractivity contribution < 1.29 is 8.42 Å². The molecule has 2 rings (SSSR count). The molecule has 0 amide bonds. The Kier molecular flexibility index (Phi) is 2.84. The van der Waals surface area contributed by atoms with Gasteiger partial charge >= 0.3 is 0 Å². The van der Waals surface area contributed by atoms with E-state index in [0.29, 0.717) is 17.5 Å². The van der Waals surface area contributed by atoms with Gasteiger partial charge in [0.2, 0.25) is 0 Å². The summed E-state index contributed by atoms with van der Waals surface area (Å²) < 4.78 is 22.5. The smallest absolute Gasteiger partial charge is 0.151 e. The number of nitrogens with one attached hydrogen (secondary N) is 1. The van der Waals surface area contributed by atoms with Gasteiger partial charge in [-0.15, -0.1) is 0 Å². The molecule has 2 fully saturated rings. The summed E-state index contributed by atoms with van der Waals surface area (Å²) >= 11 is 0. The predicted octanol–water partition coefficient (Wildman–Crippen LogP) is 0.952. The van der Waals surface area contributed by atoms with Gasteiger partial charge < -0.3 is 5.32 Å². The molecule has 3 atom stereocenters. The molecular formula is C10H19NO2S. The predicted molar refractivity (Wildman–Crippen MR) is 57.0 cm³/mol. The molecule has 1 heterocycles. The van der Waals surface area contributed by atoms with Crippen molar-refractivity contribution in [1.82, 2.24) is 5.32 Å². The third-order valence-corrected chi connectivity index (χ3v) is 5.17. The fraction of sp³-hybridized carbons (Fsp3) is 1.00. The first-order chi connectivity index (χ1) is 6.55. The lowest BCUT2D eigenvalue weighted by Gasteiger charge is -2.17. The van der Waals surface area contributed by atoms with Gasteiger partial charge in [0.1, 0.15) is 0 Å². The van der Waals surface area contributed by atoms with Gasteiger partial charge in [-0.1, -0.05) is 6.92 Å². The second-order valence-electron chi connectivity index (χ2n) is 4.88. The van der Waals surface area contributed by atoms with Crippen LogP contribution in [-0.2, 0) is 9.84 Å². The van der Waals surface area contributed by atoms with E-state index in [0.717, 1.165) is 12.3 Å². The highest BCUT2D eigenvalue weighted by molar-refractivity contribution is 7.91. The molecule has 2 aliphatic rings. The van der Waals surface area contributed by atoms with Crippen LogP contribution in [0.2, 0.25) is 0 Å². The molecule has 0 aromatic heterocycles. The van der Waals surface area contributed by atoms with Crippen LogP contribution in [-0.4, -0.2) is 32.0 Å². The van der Waals surface area contributed by atoms with Crippen LogP contribution in [0.1, 0.15) is 32.6 Å². The maximum absolute atomic E-state index is 11.2. The first-order valence-electron chi connectivity index (χ1n) is 5.51. The molecule has 82 valence electrons. The third kappa shape index (κ3) is 2.48. The summed E-state index contributed by atoms with van der Waals surface area (Å²) in [6.45, 7) is 2.27. The summed E-state index contributed by atoms with van der Waals surface area (Å²) in [7, 11) is -2.71. The fourth-order valence-electron chi connectivity index (χ4n) is 2.62.